The summed E-state index contributed by atoms with van der Waals surface area (Å²) in [5.41, 5.74) is 3.10. The molecule has 0 aliphatic rings. The third-order valence-electron chi connectivity index (χ3n) is 4.21. The number of nitrogens with one attached hydrogen (secondary N) is 1. The van der Waals surface area contributed by atoms with Crippen molar-refractivity contribution in [3.05, 3.63) is 94.8 Å². The average molecular weight is 422 g/mol. The Morgan fingerprint density at radius 2 is 1.67 bits per heavy atom. The first-order valence-electron chi connectivity index (χ1n) is 9.18. The van der Waals surface area contributed by atoms with Gasteiger partial charge in [-0.2, -0.15) is 5.10 Å². The third kappa shape index (κ3) is 5.52. The van der Waals surface area contributed by atoms with E-state index in [1.807, 2.05) is 6.07 Å². The summed E-state index contributed by atoms with van der Waals surface area (Å²) in [4.78, 5) is 28.9. The highest BCUT2D eigenvalue weighted by atomic mass is 35.5. The number of hydrazone groups is 1. The number of carbonyl (C=O) groups excluding carboxylic acids is 2. The molecule has 2 aromatic carbocycles. The summed E-state index contributed by atoms with van der Waals surface area (Å²) >= 11 is 5.86. The van der Waals surface area contributed by atoms with Crippen LogP contribution in [0.4, 0.5) is 0 Å². The SMILES string of the molecule is CC(C)(Oc1ccc(C(=O)c2ccc(Cl)cc2)cc1)C(=O)N/N=C/c1cccnc1. The maximum absolute atomic E-state index is 12.5. The summed E-state index contributed by atoms with van der Waals surface area (Å²) in [6.07, 6.45) is 4.78. The summed E-state index contributed by atoms with van der Waals surface area (Å²) in [5.74, 6) is -0.0806. The van der Waals surface area contributed by atoms with Crippen LogP contribution < -0.4 is 10.2 Å². The van der Waals surface area contributed by atoms with Gasteiger partial charge in [-0.05, 0) is 68.4 Å². The zero-order chi connectivity index (χ0) is 21.6. The molecule has 1 amide bonds. The Hall–Kier alpha value is -3.51. The van der Waals surface area contributed by atoms with E-state index in [4.69, 9.17) is 16.3 Å². The topological polar surface area (TPSA) is 80.7 Å². The molecule has 0 radical (unpaired) electrons. The predicted molar refractivity (Wildman–Crippen MR) is 116 cm³/mol. The summed E-state index contributed by atoms with van der Waals surface area (Å²) in [7, 11) is 0. The number of aromatic nitrogens is 1. The molecule has 0 bridgehead atoms. The molecule has 1 heterocycles. The van der Waals surface area contributed by atoms with Gasteiger partial charge in [0, 0.05) is 34.1 Å². The minimum absolute atomic E-state index is 0.125. The molecule has 0 spiro atoms. The van der Waals surface area contributed by atoms with E-state index in [0.717, 1.165) is 5.56 Å². The van der Waals surface area contributed by atoms with Crippen LogP contribution in [-0.2, 0) is 4.79 Å². The number of carbonyl (C=O) groups is 2. The van der Waals surface area contributed by atoms with E-state index in [9.17, 15) is 9.59 Å². The van der Waals surface area contributed by atoms with Crippen molar-refractivity contribution in [1.29, 1.82) is 0 Å². The minimum Gasteiger partial charge on any atom is -0.478 e. The lowest BCUT2D eigenvalue weighted by Gasteiger charge is -2.24. The summed E-state index contributed by atoms with van der Waals surface area (Å²) in [6, 6.07) is 16.9. The largest absolute Gasteiger partial charge is 0.478 e. The smallest absolute Gasteiger partial charge is 0.283 e. The Balaban J connectivity index is 1.61. The highest BCUT2D eigenvalue weighted by Gasteiger charge is 2.30. The number of hydrogen-bond acceptors (Lipinski definition) is 5. The number of nitrogens with zero attached hydrogens (tertiary/aromatic N) is 2. The van der Waals surface area contributed by atoms with Crippen molar-refractivity contribution >= 4 is 29.5 Å². The number of rotatable bonds is 7. The first-order chi connectivity index (χ1) is 14.3. The number of pyridine rings is 1. The fraction of sp³-hybridized carbons (Fsp3) is 0.130. The van der Waals surface area contributed by atoms with Gasteiger partial charge in [0.2, 0.25) is 0 Å². The molecule has 3 aromatic rings. The maximum atomic E-state index is 12.5. The molecule has 0 fully saturated rings. The molecule has 152 valence electrons. The second-order valence-electron chi connectivity index (χ2n) is 6.96. The van der Waals surface area contributed by atoms with Crippen LogP contribution in [0.25, 0.3) is 0 Å². The Kier molecular flexibility index (Phi) is 6.59. The van der Waals surface area contributed by atoms with Crippen molar-refractivity contribution in [1.82, 2.24) is 10.4 Å². The monoisotopic (exact) mass is 421 g/mol. The van der Waals surface area contributed by atoms with Crippen LogP contribution >= 0.6 is 11.6 Å². The molecule has 1 N–H and O–H groups in total. The molecule has 0 saturated carbocycles. The van der Waals surface area contributed by atoms with Crippen molar-refractivity contribution in [2.75, 3.05) is 0 Å². The van der Waals surface area contributed by atoms with E-state index < -0.39 is 11.5 Å². The maximum Gasteiger partial charge on any atom is 0.283 e. The van der Waals surface area contributed by atoms with Crippen LogP contribution in [0.1, 0.15) is 35.3 Å². The second-order valence-corrected chi connectivity index (χ2v) is 7.39. The van der Waals surface area contributed by atoms with Gasteiger partial charge < -0.3 is 4.74 Å². The molecule has 0 aliphatic heterocycles. The lowest BCUT2D eigenvalue weighted by atomic mass is 10.0. The molecule has 3 rings (SSSR count). The van der Waals surface area contributed by atoms with Crippen LogP contribution in [0.3, 0.4) is 0 Å². The van der Waals surface area contributed by atoms with Crippen LogP contribution in [0.2, 0.25) is 5.02 Å². The van der Waals surface area contributed by atoms with Crippen LogP contribution in [-0.4, -0.2) is 28.5 Å². The Bertz CT molecular complexity index is 1050. The van der Waals surface area contributed by atoms with Gasteiger partial charge in [-0.1, -0.05) is 17.7 Å². The van der Waals surface area contributed by atoms with Gasteiger partial charge in [-0.15, -0.1) is 0 Å². The molecule has 0 unspecified atom stereocenters. The highest BCUT2D eigenvalue weighted by Crippen LogP contribution is 2.21. The molecule has 1 aromatic heterocycles. The number of benzene rings is 2. The Morgan fingerprint density at radius 3 is 2.27 bits per heavy atom. The average Bonchev–Trinajstić information content (AvgIpc) is 2.75. The van der Waals surface area contributed by atoms with Gasteiger partial charge in [0.1, 0.15) is 5.75 Å². The summed E-state index contributed by atoms with van der Waals surface area (Å²) in [6.45, 7) is 3.27. The minimum atomic E-state index is -1.17. The fourth-order valence-corrected chi connectivity index (χ4v) is 2.66. The molecular weight excluding hydrogens is 402 g/mol. The zero-order valence-corrected chi connectivity index (χ0v) is 17.3. The lowest BCUT2D eigenvalue weighted by Crippen LogP contribution is -2.44. The quantitative estimate of drug-likeness (QED) is 0.351. The number of hydrogen-bond donors (Lipinski definition) is 1. The Labute approximate surface area is 179 Å². The fourth-order valence-electron chi connectivity index (χ4n) is 2.54. The molecule has 30 heavy (non-hydrogen) atoms. The van der Waals surface area contributed by atoms with Gasteiger partial charge in [0.15, 0.2) is 11.4 Å². The molecule has 0 aliphatic carbocycles. The van der Waals surface area contributed by atoms with Crippen molar-refractivity contribution in [2.24, 2.45) is 5.10 Å². The van der Waals surface area contributed by atoms with Crippen LogP contribution in [0, 0.1) is 0 Å². The predicted octanol–water partition coefficient (Wildman–Crippen LogP) is 4.27. The van der Waals surface area contributed by atoms with E-state index >= 15 is 0 Å². The van der Waals surface area contributed by atoms with E-state index in [-0.39, 0.29) is 5.78 Å². The number of amides is 1. The van der Waals surface area contributed by atoms with Gasteiger partial charge in [0.25, 0.3) is 5.91 Å². The summed E-state index contributed by atoms with van der Waals surface area (Å²) < 4.78 is 5.80. The lowest BCUT2D eigenvalue weighted by molar-refractivity contribution is -0.134. The number of ether oxygens (including phenoxy) is 1. The van der Waals surface area contributed by atoms with Gasteiger partial charge in [-0.25, -0.2) is 5.43 Å². The van der Waals surface area contributed by atoms with Crippen molar-refractivity contribution in [3.63, 3.8) is 0 Å². The van der Waals surface area contributed by atoms with E-state index in [1.165, 1.54) is 6.21 Å². The van der Waals surface area contributed by atoms with E-state index in [2.05, 4.69) is 15.5 Å². The van der Waals surface area contributed by atoms with Crippen molar-refractivity contribution < 1.29 is 14.3 Å². The molecule has 7 heteroatoms. The van der Waals surface area contributed by atoms with Gasteiger partial charge in [0.05, 0.1) is 6.21 Å². The van der Waals surface area contributed by atoms with Crippen LogP contribution in [0.5, 0.6) is 5.75 Å². The number of ketones is 1. The zero-order valence-electron chi connectivity index (χ0n) is 16.5. The molecular formula is C23H20ClN3O3. The first-order valence-corrected chi connectivity index (χ1v) is 9.56. The van der Waals surface area contributed by atoms with Crippen molar-refractivity contribution in [2.45, 2.75) is 19.4 Å². The van der Waals surface area contributed by atoms with Crippen molar-refractivity contribution in [3.8, 4) is 5.75 Å². The normalized spacial score (nSPS) is 11.3. The summed E-state index contributed by atoms with van der Waals surface area (Å²) in [5, 5.41) is 4.50. The highest BCUT2D eigenvalue weighted by molar-refractivity contribution is 6.30. The van der Waals surface area contributed by atoms with Gasteiger partial charge in [-0.3, -0.25) is 14.6 Å². The Morgan fingerprint density at radius 1 is 1.03 bits per heavy atom. The van der Waals surface area contributed by atoms with E-state index in [1.54, 1.807) is 80.8 Å². The molecule has 6 nitrogen and oxygen atoms in total. The number of halogens is 1. The molecule has 0 saturated heterocycles. The second kappa shape index (κ2) is 9.33. The molecule has 0 atom stereocenters. The standard InChI is InChI=1S/C23H20ClN3O3/c1-23(2,22(29)27-26-15-16-4-3-13-25-14-16)30-20-11-7-18(8-12-20)21(28)17-5-9-19(24)10-6-17/h3-15H,1-2H3,(H,27,29)/b26-15+. The van der Waals surface area contributed by atoms with Crippen LogP contribution in [0.15, 0.2) is 78.2 Å². The van der Waals surface area contributed by atoms with Gasteiger partial charge >= 0.3 is 0 Å². The van der Waals surface area contributed by atoms with E-state index in [0.29, 0.717) is 21.9 Å². The third-order valence-corrected chi connectivity index (χ3v) is 4.46. The first kappa shape index (κ1) is 21.2.